The summed E-state index contributed by atoms with van der Waals surface area (Å²) in [5.74, 6) is 0.474. The number of hydrogen-bond acceptors (Lipinski definition) is 6. The standard InChI is InChI=1S/C13H12N4O4/c1-20-10-3-2-8(17(18)19)6-11(10)21-12-7-16-5-4-9(12)13(14)15/h2-7H,1H3,(H3,14,15). The summed E-state index contributed by atoms with van der Waals surface area (Å²) in [5, 5.41) is 18.3. The molecule has 0 atom stereocenters. The van der Waals surface area contributed by atoms with E-state index < -0.39 is 4.92 Å². The fourth-order valence-electron chi connectivity index (χ4n) is 1.66. The van der Waals surface area contributed by atoms with E-state index in [9.17, 15) is 10.1 Å². The Morgan fingerprint density at radius 3 is 2.71 bits per heavy atom. The number of methoxy groups -OCH3 is 1. The van der Waals surface area contributed by atoms with Gasteiger partial charge in [-0.05, 0) is 12.1 Å². The molecule has 3 N–H and O–H groups in total. The maximum absolute atomic E-state index is 10.8. The molecule has 0 fully saturated rings. The van der Waals surface area contributed by atoms with E-state index in [0.29, 0.717) is 11.3 Å². The van der Waals surface area contributed by atoms with E-state index in [1.165, 1.54) is 43.8 Å². The summed E-state index contributed by atoms with van der Waals surface area (Å²) < 4.78 is 10.7. The molecule has 0 bridgehead atoms. The molecular formula is C13H12N4O4. The number of rotatable bonds is 5. The Morgan fingerprint density at radius 1 is 1.33 bits per heavy atom. The number of nitrogens with zero attached hydrogens (tertiary/aromatic N) is 2. The summed E-state index contributed by atoms with van der Waals surface area (Å²) in [6, 6.07) is 5.48. The van der Waals surface area contributed by atoms with Crippen molar-refractivity contribution in [1.29, 1.82) is 5.41 Å². The third kappa shape index (κ3) is 3.06. The van der Waals surface area contributed by atoms with Crippen molar-refractivity contribution < 1.29 is 14.4 Å². The lowest BCUT2D eigenvalue weighted by molar-refractivity contribution is -0.384. The first-order valence-corrected chi connectivity index (χ1v) is 5.81. The number of aromatic nitrogens is 1. The highest BCUT2D eigenvalue weighted by Crippen LogP contribution is 2.35. The van der Waals surface area contributed by atoms with Crippen molar-refractivity contribution in [3.63, 3.8) is 0 Å². The minimum Gasteiger partial charge on any atom is -0.493 e. The van der Waals surface area contributed by atoms with Gasteiger partial charge in [0.25, 0.3) is 5.69 Å². The molecule has 0 saturated carbocycles. The Hall–Kier alpha value is -3.16. The molecule has 0 aliphatic carbocycles. The normalized spacial score (nSPS) is 9.95. The average Bonchev–Trinajstić information content (AvgIpc) is 2.47. The fraction of sp³-hybridized carbons (Fsp3) is 0.0769. The number of pyridine rings is 1. The van der Waals surface area contributed by atoms with Crippen LogP contribution in [-0.4, -0.2) is 22.9 Å². The van der Waals surface area contributed by atoms with E-state index in [2.05, 4.69) is 4.98 Å². The van der Waals surface area contributed by atoms with E-state index in [0.717, 1.165) is 0 Å². The monoisotopic (exact) mass is 288 g/mol. The summed E-state index contributed by atoms with van der Waals surface area (Å²) >= 11 is 0. The van der Waals surface area contributed by atoms with Gasteiger partial charge in [-0.15, -0.1) is 0 Å². The third-order valence-corrected chi connectivity index (χ3v) is 2.65. The van der Waals surface area contributed by atoms with E-state index in [4.69, 9.17) is 20.6 Å². The number of benzene rings is 1. The average molecular weight is 288 g/mol. The Morgan fingerprint density at radius 2 is 2.10 bits per heavy atom. The molecule has 0 aliphatic rings. The highest BCUT2D eigenvalue weighted by Gasteiger charge is 2.15. The second kappa shape index (κ2) is 5.87. The Balaban J connectivity index is 2.45. The first-order valence-electron chi connectivity index (χ1n) is 5.81. The largest absolute Gasteiger partial charge is 0.493 e. The quantitative estimate of drug-likeness (QED) is 0.375. The number of ether oxygens (including phenoxy) is 2. The molecule has 1 aromatic carbocycles. The van der Waals surface area contributed by atoms with Crippen LogP contribution in [0.2, 0.25) is 0 Å². The molecule has 0 amide bonds. The first-order chi connectivity index (χ1) is 10.0. The van der Waals surface area contributed by atoms with Gasteiger partial charge in [-0.1, -0.05) is 0 Å². The Kier molecular flexibility index (Phi) is 3.98. The van der Waals surface area contributed by atoms with Crippen LogP contribution in [0.3, 0.4) is 0 Å². The highest BCUT2D eigenvalue weighted by molar-refractivity contribution is 5.97. The van der Waals surface area contributed by atoms with Crippen molar-refractivity contribution in [2.45, 2.75) is 0 Å². The van der Waals surface area contributed by atoms with Gasteiger partial charge >= 0.3 is 0 Å². The van der Waals surface area contributed by atoms with Gasteiger partial charge in [-0.25, -0.2) is 0 Å². The fourth-order valence-corrected chi connectivity index (χ4v) is 1.66. The molecular weight excluding hydrogens is 276 g/mol. The van der Waals surface area contributed by atoms with E-state index >= 15 is 0 Å². The van der Waals surface area contributed by atoms with Crippen LogP contribution in [0.15, 0.2) is 36.7 Å². The topological polar surface area (TPSA) is 124 Å². The van der Waals surface area contributed by atoms with E-state index in [1.54, 1.807) is 0 Å². The minimum atomic E-state index is -0.540. The number of nitrogen functional groups attached to an aromatic ring is 1. The SMILES string of the molecule is COc1ccc([N+](=O)[O-])cc1Oc1cnccc1C(=N)N. The molecule has 1 aromatic heterocycles. The molecule has 2 rings (SSSR count). The zero-order valence-electron chi connectivity index (χ0n) is 11.1. The molecule has 0 aliphatic heterocycles. The predicted octanol–water partition coefficient (Wildman–Crippen LogP) is 2.07. The lowest BCUT2D eigenvalue weighted by Crippen LogP contribution is -2.12. The lowest BCUT2D eigenvalue weighted by atomic mass is 10.2. The molecule has 1 heterocycles. The lowest BCUT2D eigenvalue weighted by Gasteiger charge is -2.12. The number of nitro benzene ring substituents is 1. The molecule has 8 nitrogen and oxygen atoms in total. The van der Waals surface area contributed by atoms with Crippen LogP contribution < -0.4 is 15.2 Å². The molecule has 0 saturated heterocycles. The van der Waals surface area contributed by atoms with Gasteiger partial charge in [0.05, 0.1) is 29.9 Å². The van der Waals surface area contributed by atoms with Crippen LogP contribution in [0.1, 0.15) is 5.56 Å². The summed E-state index contributed by atoms with van der Waals surface area (Å²) in [5.41, 5.74) is 5.65. The summed E-state index contributed by atoms with van der Waals surface area (Å²) in [6.45, 7) is 0. The molecule has 0 unspecified atom stereocenters. The Labute approximate surface area is 119 Å². The summed E-state index contributed by atoms with van der Waals surface area (Å²) in [4.78, 5) is 14.2. The summed E-state index contributed by atoms with van der Waals surface area (Å²) in [7, 11) is 1.42. The number of nitro groups is 1. The van der Waals surface area contributed by atoms with Crippen LogP contribution in [0, 0.1) is 15.5 Å². The minimum absolute atomic E-state index is 0.140. The van der Waals surface area contributed by atoms with Crippen LogP contribution in [0.5, 0.6) is 17.2 Å². The van der Waals surface area contributed by atoms with Crippen molar-refractivity contribution in [2.75, 3.05) is 7.11 Å². The second-order valence-corrected chi connectivity index (χ2v) is 3.98. The van der Waals surface area contributed by atoms with Crippen molar-refractivity contribution in [2.24, 2.45) is 5.73 Å². The van der Waals surface area contributed by atoms with Crippen molar-refractivity contribution in [3.8, 4) is 17.2 Å². The zero-order valence-corrected chi connectivity index (χ0v) is 11.1. The van der Waals surface area contributed by atoms with Gasteiger partial charge in [0.1, 0.15) is 5.84 Å². The molecule has 21 heavy (non-hydrogen) atoms. The molecule has 8 heteroatoms. The van der Waals surface area contributed by atoms with E-state index in [1.807, 2.05) is 0 Å². The number of nitrogens with one attached hydrogen (secondary N) is 1. The van der Waals surface area contributed by atoms with Gasteiger partial charge in [-0.3, -0.25) is 20.5 Å². The number of amidine groups is 1. The van der Waals surface area contributed by atoms with Gasteiger partial charge in [0, 0.05) is 12.3 Å². The molecule has 0 radical (unpaired) electrons. The van der Waals surface area contributed by atoms with Gasteiger partial charge in [0.15, 0.2) is 17.2 Å². The second-order valence-electron chi connectivity index (χ2n) is 3.98. The van der Waals surface area contributed by atoms with Crippen LogP contribution >= 0.6 is 0 Å². The maximum Gasteiger partial charge on any atom is 0.273 e. The van der Waals surface area contributed by atoms with Crippen LogP contribution in [0.4, 0.5) is 5.69 Å². The molecule has 2 aromatic rings. The highest BCUT2D eigenvalue weighted by atomic mass is 16.6. The number of hydrogen-bond donors (Lipinski definition) is 2. The smallest absolute Gasteiger partial charge is 0.273 e. The Bertz CT molecular complexity index is 702. The number of non-ortho nitro benzene ring substituents is 1. The maximum atomic E-state index is 10.8. The number of nitrogens with two attached hydrogens (primary N) is 1. The van der Waals surface area contributed by atoms with Crippen LogP contribution in [0.25, 0.3) is 0 Å². The third-order valence-electron chi connectivity index (χ3n) is 2.65. The molecule has 0 spiro atoms. The van der Waals surface area contributed by atoms with Gasteiger partial charge < -0.3 is 15.2 Å². The summed E-state index contributed by atoms with van der Waals surface area (Å²) in [6.07, 6.45) is 2.84. The first kappa shape index (κ1) is 14.3. The van der Waals surface area contributed by atoms with Crippen molar-refractivity contribution in [3.05, 3.63) is 52.3 Å². The van der Waals surface area contributed by atoms with Crippen molar-refractivity contribution >= 4 is 11.5 Å². The van der Waals surface area contributed by atoms with Crippen molar-refractivity contribution in [1.82, 2.24) is 4.98 Å². The predicted molar refractivity (Wildman–Crippen MR) is 75.0 cm³/mol. The van der Waals surface area contributed by atoms with Crippen LogP contribution in [-0.2, 0) is 0 Å². The van der Waals surface area contributed by atoms with E-state index in [-0.39, 0.29) is 23.0 Å². The molecule has 108 valence electrons. The van der Waals surface area contributed by atoms with Gasteiger partial charge in [-0.2, -0.15) is 0 Å². The zero-order chi connectivity index (χ0) is 15.4. The van der Waals surface area contributed by atoms with Gasteiger partial charge in [0.2, 0.25) is 0 Å².